The van der Waals surface area contributed by atoms with E-state index in [0.717, 1.165) is 22.7 Å². The number of amides is 1. The van der Waals surface area contributed by atoms with Crippen molar-refractivity contribution in [3.63, 3.8) is 0 Å². The Balaban J connectivity index is 1.18. The zero-order valence-corrected chi connectivity index (χ0v) is 24.2. The molecule has 41 heavy (non-hydrogen) atoms. The number of furan rings is 1. The largest absolute Gasteiger partial charge is 0.467 e. The van der Waals surface area contributed by atoms with E-state index in [1.807, 2.05) is 61.3 Å². The van der Waals surface area contributed by atoms with E-state index in [4.69, 9.17) is 14.5 Å². The molecule has 4 heterocycles. The van der Waals surface area contributed by atoms with Crippen molar-refractivity contribution in [3.05, 3.63) is 106 Å². The molecule has 0 aliphatic carbocycles. The predicted molar refractivity (Wildman–Crippen MR) is 162 cm³/mol. The van der Waals surface area contributed by atoms with Crippen LogP contribution in [-0.4, -0.2) is 21.6 Å². The molecule has 1 amide bonds. The molecule has 0 saturated heterocycles. The number of hydrazine groups is 1. The summed E-state index contributed by atoms with van der Waals surface area (Å²) in [5, 5.41) is 17.1. The van der Waals surface area contributed by atoms with E-state index in [-0.39, 0.29) is 11.9 Å². The Kier molecular flexibility index (Phi) is 7.40. The zero-order valence-electron chi connectivity index (χ0n) is 22.5. The van der Waals surface area contributed by atoms with Crippen LogP contribution in [0.25, 0.3) is 0 Å². The summed E-state index contributed by atoms with van der Waals surface area (Å²) in [4.78, 5) is 22.8. The van der Waals surface area contributed by atoms with Gasteiger partial charge in [-0.3, -0.25) is 15.6 Å². The van der Waals surface area contributed by atoms with Gasteiger partial charge in [-0.2, -0.15) is 5.10 Å². The van der Waals surface area contributed by atoms with Gasteiger partial charge in [-0.1, -0.05) is 70.7 Å². The molecule has 3 aromatic heterocycles. The molecule has 0 bridgehead atoms. The molecule has 10 nitrogen and oxygen atoms in total. The molecule has 0 saturated carbocycles. The normalized spacial score (nSPS) is 15.0. The summed E-state index contributed by atoms with van der Waals surface area (Å²) < 4.78 is 5.75. The third-order valence-corrected chi connectivity index (χ3v) is 8.52. The Morgan fingerprint density at radius 1 is 0.951 bits per heavy atom. The minimum absolute atomic E-state index is 0.164. The average Bonchev–Trinajstić information content (AvgIpc) is 3.78. The first-order valence-electron chi connectivity index (χ1n) is 12.9. The molecule has 1 aliphatic rings. The Morgan fingerprint density at radius 3 is 2.51 bits per heavy atom. The first kappa shape index (κ1) is 26.5. The Morgan fingerprint density at radius 2 is 1.76 bits per heavy atom. The van der Waals surface area contributed by atoms with Crippen LogP contribution in [0.4, 0.5) is 21.0 Å². The van der Waals surface area contributed by atoms with Crippen molar-refractivity contribution >= 4 is 55.2 Å². The van der Waals surface area contributed by atoms with Gasteiger partial charge in [0.1, 0.15) is 16.7 Å². The Bertz CT molecular complexity index is 1720. The molecule has 0 fully saturated rings. The molecule has 12 heteroatoms. The quantitative estimate of drug-likeness (QED) is 0.143. The van der Waals surface area contributed by atoms with Gasteiger partial charge >= 0.3 is 0 Å². The van der Waals surface area contributed by atoms with Gasteiger partial charge in [0.2, 0.25) is 10.3 Å². The second kappa shape index (κ2) is 11.4. The van der Waals surface area contributed by atoms with Crippen LogP contribution < -0.4 is 15.9 Å². The predicted octanol–water partition coefficient (Wildman–Crippen LogP) is 7.65. The number of hydrogen-bond donors (Lipinski definition) is 2. The number of hydrazone groups is 1. The third-order valence-electron chi connectivity index (χ3n) is 6.42. The first-order chi connectivity index (χ1) is 19.9. The summed E-state index contributed by atoms with van der Waals surface area (Å²) in [6.07, 6.45) is 2.31. The minimum atomic E-state index is -0.317. The lowest BCUT2D eigenvalue weighted by Gasteiger charge is -2.18. The van der Waals surface area contributed by atoms with Crippen molar-refractivity contribution < 1.29 is 9.21 Å². The number of aryl methyl sites for hydroxylation is 3. The van der Waals surface area contributed by atoms with Crippen molar-refractivity contribution in [1.29, 1.82) is 0 Å². The lowest BCUT2D eigenvalue weighted by atomic mass is 10.0. The zero-order chi connectivity index (χ0) is 28.3. The number of carbonyl (C=O) groups is 1. The van der Waals surface area contributed by atoms with E-state index in [2.05, 4.69) is 57.3 Å². The van der Waals surface area contributed by atoms with E-state index >= 15 is 0 Å². The van der Waals surface area contributed by atoms with Crippen molar-refractivity contribution in [1.82, 2.24) is 15.4 Å². The molecule has 0 spiro atoms. The maximum atomic E-state index is 13.2. The number of rotatable bonds is 8. The Labute approximate surface area is 244 Å². The van der Waals surface area contributed by atoms with Crippen LogP contribution in [0.15, 0.2) is 92.7 Å². The molecule has 2 N–H and O–H groups in total. The van der Waals surface area contributed by atoms with Gasteiger partial charge in [0.25, 0.3) is 5.91 Å². The fourth-order valence-electron chi connectivity index (χ4n) is 4.30. The molecule has 206 valence electrons. The lowest BCUT2D eigenvalue weighted by Crippen LogP contribution is -2.29. The second-order valence-corrected chi connectivity index (χ2v) is 11.4. The molecular weight excluding hydrogens is 557 g/mol. The number of carbonyl (C=O) groups excluding carboxylic acids is 1. The van der Waals surface area contributed by atoms with Gasteiger partial charge in [0, 0.05) is 6.42 Å². The smallest absolute Gasteiger partial charge is 0.281 e. The van der Waals surface area contributed by atoms with Crippen molar-refractivity contribution in [2.75, 3.05) is 10.4 Å². The topological polar surface area (TPSA) is 120 Å². The first-order valence-corrected chi connectivity index (χ1v) is 14.5. The minimum Gasteiger partial charge on any atom is -0.467 e. The summed E-state index contributed by atoms with van der Waals surface area (Å²) >= 11 is 2.58. The number of hydrogen-bond acceptors (Lipinski definition) is 11. The monoisotopic (exact) mass is 582 g/mol. The van der Waals surface area contributed by atoms with E-state index in [1.165, 1.54) is 28.2 Å². The summed E-state index contributed by atoms with van der Waals surface area (Å²) in [7, 11) is 0. The molecule has 6 rings (SSSR count). The van der Waals surface area contributed by atoms with Crippen LogP contribution >= 0.6 is 22.7 Å². The van der Waals surface area contributed by atoms with Crippen LogP contribution in [0.1, 0.15) is 50.4 Å². The summed E-state index contributed by atoms with van der Waals surface area (Å²) in [5.74, 6) is 0.471. The molecule has 1 aliphatic heterocycles. The van der Waals surface area contributed by atoms with Crippen LogP contribution in [0.5, 0.6) is 0 Å². The van der Waals surface area contributed by atoms with E-state index in [0.29, 0.717) is 38.0 Å². The van der Waals surface area contributed by atoms with Crippen LogP contribution in [0.3, 0.4) is 0 Å². The highest BCUT2D eigenvalue weighted by Crippen LogP contribution is 2.39. The van der Waals surface area contributed by atoms with Gasteiger partial charge in [0.15, 0.2) is 5.00 Å². The van der Waals surface area contributed by atoms with E-state index < -0.39 is 0 Å². The lowest BCUT2D eigenvalue weighted by molar-refractivity contribution is 0.0966. The molecule has 0 radical (unpaired) electrons. The van der Waals surface area contributed by atoms with Crippen molar-refractivity contribution in [2.45, 2.75) is 33.2 Å². The number of thiazole rings is 2. The van der Waals surface area contributed by atoms with Crippen LogP contribution in [0.2, 0.25) is 0 Å². The van der Waals surface area contributed by atoms with E-state index in [1.54, 1.807) is 6.26 Å². The number of azo groups is 1. The Hall–Kier alpha value is -4.68. The van der Waals surface area contributed by atoms with Crippen molar-refractivity contribution in [2.24, 2.45) is 15.3 Å². The fourth-order valence-corrected chi connectivity index (χ4v) is 6.01. The van der Waals surface area contributed by atoms with Gasteiger partial charge < -0.3 is 4.42 Å². The highest BCUT2D eigenvalue weighted by atomic mass is 32.1. The van der Waals surface area contributed by atoms with Gasteiger partial charge in [-0.25, -0.2) is 15.0 Å². The summed E-state index contributed by atoms with van der Waals surface area (Å²) in [6.45, 7) is 5.72. The maximum absolute atomic E-state index is 13.2. The SMILES string of the molecule is Cc1ccc(C2=NN(c3nc(C)c(C(=O)NNc4nc(C)c(N=Nc5ccccc5)s4)s3)C(c3ccco3)C2)cc1. The molecular formula is C29H26N8O2S2. The molecule has 5 aromatic rings. The number of nitrogens with zero attached hydrogens (tertiary/aromatic N) is 6. The average molecular weight is 583 g/mol. The van der Waals surface area contributed by atoms with Crippen molar-refractivity contribution in [3.8, 4) is 0 Å². The summed E-state index contributed by atoms with van der Waals surface area (Å²) in [5.41, 5.74) is 10.9. The number of benzene rings is 2. The second-order valence-electron chi connectivity index (χ2n) is 9.43. The number of nitrogens with one attached hydrogen (secondary N) is 2. The number of aromatic nitrogens is 2. The fraction of sp³-hybridized carbons (Fsp3) is 0.172. The highest BCUT2D eigenvalue weighted by molar-refractivity contribution is 7.19. The highest BCUT2D eigenvalue weighted by Gasteiger charge is 2.34. The third kappa shape index (κ3) is 5.79. The molecule has 1 atom stereocenters. The standard InChI is InChI=1S/C29H26N8O2S2/c1-17-11-13-20(14-12-17)22-16-23(24-10-7-15-39-24)37(36-22)29-31-18(2)25(40-29)26(38)33-35-28-30-19(3)27(41-28)34-32-21-8-5-4-6-9-21/h4-15,23H,16H2,1-3H3,(H,30,35)(H,33,38). The van der Waals surface area contributed by atoms with Crippen LogP contribution in [-0.2, 0) is 0 Å². The van der Waals surface area contributed by atoms with Crippen LogP contribution in [0, 0.1) is 20.8 Å². The molecule has 1 unspecified atom stereocenters. The van der Waals surface area contributed by atoms with Gasteiger partial charge in [0.05, 0.1) is 29.1 Å². The molecule has 2 aromatic carbocycles. The summed E-state index contributed by atoms with van der Waals surface area (Å²) in [6, 6.07) is 21.4. The van der Waals surface area contributed by atoms with Gasteiger partial charge in [-0.15, -0.1) is 10.2 Å². The maximum Gasteiger partial charge on any atom is 0.281 e. The van der Waals surface area contributed by atoms with E-state index in [9.17, 15) is 4.79 Å². The van der Waals surface area contributed by atoms with Gasteiger partial charge in [-0.05, 0) is 50.6 Å². The number of anilines is 2.